The Bertz CT molecular complexity index is 734. The van der Waals surface area contributed by atoms with Gasteiger partial charge in [0, 0.05) is 6.07 Å². The highest BCUT2D eigenvalue weighted by Gasteiger charge is 2.10. The van der Waals surface area contributed by atoms with Crippen LogP contribution in [-0.2, 0) is 0 Å². The molecule has 3 aromatic rings. The van der Waals surface area contributed by atoms with Crippen molar-refractivity contribution in [3.05, 3.63) is 48.1 Å². The summed E-state index contributed by atoms with van der Waals surface area (Å²) in [4.78, 5) is 11.7. The first-order valence-electron chi connectivity index (χ1n) is 6.09. The van der Waals surface area contributed by atoms with Crippen LogP contribution in [0.3, 0.4) is 0 Å². The summed E-state index contributed by atoms with van der Waals surface area (Å²) in [7, 11) is 0. The Kier molecular flexibility index (Phi) is 3.34. The Labute approximate surface area is 119 Å². The van der Waals surface area contributed by atoms with Crippen molar-refractivity contribution < 1.29 is 13.7 Å². The second kappa shape index (κ2) is 5.45. The number of nitrogens with zero attached hydrogens (tertiary/aromatic N) is 3. The predicted molar refractivity (Wildman–Crippen MR) is 73.2 cm³/mol. The van der Waals surface area contributed by atoms with Crippen molar-refractivity contribution >= 4 is 23.4 Å². The first-order chi connectivity index (χ1) is 10.2. The maximum absolute atomic E-state index is 11.7. The van der Waals surface area contributed by atoms with Crippen LogP contribution in [0.2, 0.25) is 0 Å². The normalized spacial score (nSPS) is 10.3. The molecular formula is C13H11N5O3. The van der Waals surface area contributed by atoms with Crippen molar-refractivity contribution in [1.29, 1.82) is 0 Å². The molecule has 21 heavy (non-hydrogen) atoms. The van der Waals surface area contributed by atoms with E-state index in [4.69, 9.17) is 8.94 Å². The van der Waals surface area contributed by atoms with E-state index >= 15 is 0 Å². The Hall–Kier alpha value is -3.16. The van der Waals surface area contributed by atoms with Gasteiger partial charge in [-0.3, -0.25) is 4.79 Å². The Morgan fingerprint density at radius 3 is 2.57 bits per heavy atom. The van der Waals surface area contributed by atoms with Gasteiger partial charge >= 0.3 is 0 Å². The average Bonchev–Trinajstić information content (AvgIpc) is 3.13. The van der Waals surface area contributed by atoms with E-state index < -0.39 is 0 Å². The van der Waals surface area contributed by atoms with E-state index in [0.717, 1.165) is 0 Å². The molecule has 0 unspecified atom stereocenters. The molecule has 0 saturated heterocycles. The number of amides is 1. The number of hydrogen-bond acceptors (Lipinski definition) is 7. The molecule has 2 N–H and O–H groups in total. The van der Waals surface area contributed by atoms with Crippen LogP contribution in [0.4, 0.5) is 17.5 Å². The molecule has 0 bridgehead atoms. The minimum absolute atomic E-state index is 0.206. The van der Waals surface area contributed by atoms with Gasteiger partial charge in [0.2, 0.25) is 0 Å². The highest BCUT2D eigenvalue weighted by atomic mass is 16.5. The van der Waals surface area contributed by atoms with Crippen LogP contribution in [0, 0.1) is 6.92 Å². The first kappa shape index (κ1) is 12.9. The monoisotopic (exact) mass is 285 g/mol. The third-order valence-corrected chi connectivity index (χ3v) is 2.54. The fraction of sp³-hybridized carbons (Fsp3) is 0.0769. The minimum Gasteiger partial charge on any atom is -0.459 e. The van der Waals surface area contributed by atoms with E-state index in [9.17, 15) is 4.79 Å². The summed E-state index contributed by atoms with van der Waals surface area (Å²) >= 11 is 0. The Balaban J connectivity index is 1.65. The second-order valence-electron chi connectivity index (χ2n) is 4.18. The quantitative estimate of drug-likeness (QED) is 0.757. The van der Waals surface area contributed by atoms with Crippen LogP contribution in [0.25, 0.3) is 0 Å². The number of rotatable bonds is 4. The molecule has 3 rings (SSSR count). The van der Waals surface area contributed by atoms with Crippen molar-refractivity contribution in [3.63, 3.8) is 0 Å². The van der Waals surface area contributed by atoms with Crippen LogP contribution in [0.5, 0.6) is 0 Å². The lowest BCUT2D eigenvalue weighted by Crippen LogP contribution is -2.12. The summed E-state index contributed by atoms with van der Waals surface area (Å²) in [6, 6.07) is 8.20. The van der Waals surface area contributed by atoms with Crippen molar-refractivity contribution in [2.75, 3.05) is 10.6 Å². The van der Waals surface area contributed by atoms with Crippen molar-refractivity contribution in [2.24, 2.45) is 0 Å². The van der Waals surface area contributed by atoms with E-state index in [1.54, 1.807) is 37.3 Å². The SMILES string of the molecule is Cc1cc(Nc2ccc(NC(=O)c3ccco3)nn2)no1. The lowest BCUT2D eigenvalue weighted by Gasteiger charge is -2.03. The maximum atomic E-state index is 11.7. The summed E-state index contributed by atoms with van der Waals surface area (Å²) in [5.74, 6) is 1.85. The van der Waals surface area contributed by atoms with Crippen molar-refractivity contribution in [2.45, 2.75) is 6.92 Å². The van der Waals surface area contributed by atoms with Gasteiger partial charge in [-0.2, -0.15) is 0 Å². The molecule has 0 aliphatic heterocycles. The molecule has 3 aromatic heterocycles. The number of carbonyl (C=O) groups excluding carboxylic acids is 1. The molecule has 106 valence electrons. The second-order valence-corrected chi connectivity index (χ2v) is 4.18. The van der Waals surface area contributed by atoms with Crippen LogP contribution in [0.1, 0.15) is 16.3 Å². The number of aryl methyl sites for hydroxylation is 1. The lowest BCUT2D eigenvalue weighted by molar-refractivity contribution is 0.0996. The lowest BCUT2D eigenvalue weighted by atomic mass is 10.4. The molecule has 1 amide bonds. The van der Waals surface area contributed by atoms with E-state index in [0.29, 0.717) is 23.2 Å². The summed E-state index contributed by atoms with van der Waals surface area (Å²) < 4.78 is 9.91. The number of nitrogens with one attached hydrogen (secondary N) is 2. The van der Waals surface area contributed by atoms with Gasteiger partial charge in [-0.05, 0) is 31.2 Å². The third-order valence-electron chi connectivity index (χ3n) is 2.54. The first-order valence-corrected chi connectivity index (χ1v) is 6.09. The average molecular weight is 285 g/mol. The number of carbonyl (C=O) groups is 1. The van der Waals surface area contributed by atoms with Gasteiger partial charge in [-0.1, -0.05) is 5.16 Å². The zero-order valence-corrected chi connectivity index (χ0v) is 11.0. The summed E-state index contributed by atoms with van der Waals surface area (Å²) in [6.07, 6.45) is 1.42. The molecule has 0 saturated carbocycles. The smallest absolute Gasteiger partial charge is 0.292 e. The van der Waals surface area contributed by atoms with E-state index in [1.165, 1.54) is 6.26 Å². The zero-order valence-electron chi connectivity index (χ0n) is 11.0. The molecule has 0 aromatic carbocycles. The van der Waals surface area contributed by atoms with Crippen molar-refractivity contribution in [3.8, 4) is 0 Å². The third kappa shape index (κ3) is 3.06. The highest BCUT2D eigenvalue weighted by Crippen LogP contribution is 2.14. The zero-order chi connectivity index (χ0) is 14.7. The molecule has 0 aliphatic rings. The van der Waals surface area contributed by atoms with Gasteiger partial charge in [0.15, 0.2) is 23.2 Å². The van der Waals surface area contributed by atoms with Gasteiger partial charge in [-0.15, -0.1) is 10.2 Å². The number of anilines is 3. The van der Waals surface area contributed by atoms with Gasteiger partial charge < -0.3 is 19.6 Å². The number of aromatic nitrogens is 3. The van der Waals surface area contributed by atoms with Crippen molar-refractivity contribution in [1.82, 2.24) is 15.4 Å². The molecule has 0 fully saturated rings. The highest BCUT2D eigenvalue weighted by molar-refractivity contribution is 6.01. The van der Waals surface area contributed by atoms with Gasteiger partial charge in [0.05, 0.1) is 6.26 Å². The van der Waals surface area contributed by atoms with E-state index in [2.05, 4.69) is 26.0 Å². The van der Waals surface area contributed by atoms with Crippen LogP contribution < -0.4 is 10.6 Å². The molecule has 8 nitrogen and oxygen atoms in total. The standard InChI is InChI=1S/C13H11N5O3/c1-8-7-12(18-21-8)14-10-4-5-11(17-16-10)15-13(19)9-3-2-6-20-9/h2-7H,1H3,(H,14,16,18)(H,15,17,19). The van der Waals surface area contributed by atoms with Crippen LogP contribution >= 0.6 is 0 Å². The van der Waals surface area contributed by atoms with Gasteiger partial charge in [0.1, 0.15) is 5.76 Å². The fourth-order valence-electron chi connectivity index (χ4n) is 1.61. The van der Waals surface area contributed by atoms with Gasteiger partial charge in [0.25, 0.3) is 5.91 Å². The predicted octanol–water partition coefficient (Wildman–Crippen LogP) is 2.36. The Morgan fingerprint density at radius 1 is 1.14 bits per heavy atom. The summed E-state index contributed by atoms with van der Waals surface area (Å²) in [5, 5.41) is 17.1. The molecule has 8 heteroatoms. The van der Waals surface area contributed by atoms with E-state index in [1.807, 2.05) is 0 Å². The van der Waals surface area contributed by atoms with E-state index in [-0.39, 0.29) is 11.7 Å². The largest absolute Gasteiger partial charge is 0.459 e. The van der Waals surface area contributed by atoms with Gasteiger partial charge in [-0.25, -0.2) is 0 Å². The molecule has 3 heterocycles. The van der Waals surface area contributed by atoms with Crippen LogP contribution in [0.15, 0.2) is 45.5 Å². The summed E-state index contributed by atoms with van der Waals surface area (Å²) in [6.45, 7) is 1.79. The summed E-state index contributed by atoms with van der Waals surface area (Å²) in [5.41, 5.74) is 0. The molecule has 0 spiro atoms. The minimum atomic E-state index is -0.387. The number of hydrogen-bond donors (Lipinski definition) is 2. The Morgan fingerprint density at radius 2 is 1.95 bits per heavy atom. The number of furan rings is 1. The molecular weight excluding hydrogens is 274 g/mol. The molecule has 0 atom stereocenters. The molecule has 0 radical (unpaired) electrons. The molecule has 0 aliphatic carbocycles. The topological polar surface area (TPSA) is 106 Å². The fourth-order valence-corrected chi connectivity index (χ4v) is 1.61. The maximum Gasteiger partial charge on any atom is 0.292 e. The van der Waals surface area contributed by atoms with Crippen LogP contribution in [-0.4, -0.2) is 21.3 Å².